The average molecular weight is 492 g/mol. The molecule has 2 rings (SSSR count). The van der Waals surface area contributed by atoms with E-state index in [9.17, 15) is 33.3 Å². The first-order chi connectivity index (χ1) is 13.6. The van der Waals surface area contributed by atoms with Gasteiger partial charge in [-0.2, -0.15) is 8.62 Å². The zero-order chi connectivity index (χ0) is 22.9. The van der Waals surface area contributed by atoms with Crippen molar-refractivity contribution in [3.63, 3.8) is 0 Å². The monoisotopic (exact) mass is 492 g/mol. The number of rotatable bonds is 8. The van der Waals surface area contributed by atoms with Crippen LogP contribution < -0.4 is 11.2 Å². The van der Waals surface area contributed by atoms with E-state index in [1.807, 2.05) is 10.9 Å². The van der Waals surface area contributed by atoms with E-state index >= 15 is 0 Å². The lowest BCUT2D eigenvalue weighted by molar-refractivity contribution is -0.0450. The predicted octanol–water partition coefficient (Wildman–Crippen LogP) is -1.49. The molecule has 1 aliphatic heterocycles. The molecule has 16 nitrogen and oxygen atoms in total. The number of ether oxygens (including phenoxy) is 1. The van der Waals surface area contributed by atoms with E-state index in [4.69, 9.17) is 25.8 Å². The number of aromatic nitrogens is 2. The maximum Gasteiger partial charge on any atom is 0.490 e. The van der Waals surface area contributed by atoms with Crippen LogP contribution in [-0.4, -0.2) is 53.0 Å². The largest absolute Gasteiger partial charge is 0.490 e. The number of nitrogens with one attached hydrogen (secondary N) is 1. The van der Waals surface area contributed by atoms with E-state index in [-0.39, 0.29) is 12.0 Å². The number of terminal acetylenes is 1. The number of nitrogens with zero attached hydrogens (tertiary/aromatic N) is 1. The Bertz CT molecular complexity index is 1100. The number of hydrogen-bond acceptors (Lipinski definition) is 10. The SMILES string of the molecule is C#Cc1cn([C@H]2C[C@@H](O)[C@@H](COP(=O)(O)OP(=O)(O)OP(=O)(O)O)O2)c(=O)[nH]c1=O. The molecule has 6 N–H and O–H groups in total. The Kier molecular flexibility index (Phi) is 7.43. The van der Waals surface area contributed by atoms with Gasteiger partial charge in [0.05, 0.1) is 12.7 Å². The van der Waals surface area contributed by atoms with Gasteiger partial charge < -0.3 is 29.4 Å². The smallest absolute Gasteiger partial charge is 0.390 e. The second-order valence-electron chi connectivity index (χ2n) is 5.67. The van der Waals surface area contributed by atoms with Gasteiger partial charge in [0.2, 0.25) is 0 Å². The lowest BCUT2D eigenvalue weighted by Crippen LogP contribution is -2.33. The highest BCUT2D eigenvalue weighted by Crippen LogP contribution is 2.66. The summed E-state index contributed by atoms with van der Waals surface area (Å²) >= 11 is 0. The summed E-state index contributed by atoms with van der Waals surface area (Å²) in [6, 6.07) is 0. The van der Waals surface area contributed by atoms with Gasteiger partial charge in [-0.15, -0.1) is 6.42 Å². The number of aliphatic hydroxyl groups is 1. The van der Waals surface area contributed by atoms with Crippen molar-refractivity contribution in [1.29, 1.82) is 0 Å². The topological polar surface area (TPSA) is 244 Å². The van der Waals surface area contributed by atoms with Crippen LogP contribution in [0.2, 0.25) is 0 Å². The van der Waals surface area contributed by atoms with Crippen LogP contribution in [0.3, 0.4) is 0 Å². The van der Waals surface area contributed by atoms with Crippen molar-refractivity contribution in [3.05, 3.63) is 32.6 Å². The van der Waals surface area contributed by atoms with Gasteiger partial charge in [-0.05, 0) is 0 Å². The molecule has 0 radical (unpaired) electrons. The number of phosphoric ester groups is 1. The van der Waals surface area contributed by atoms with Gasteiger partial charge in [0, 0.05) is 12.6 Å². The first kappa shape index (κ1) is 24.8. The number of phosphoric acid groups is 3. The fourth-order valence-electron chi connectivity index (χ4n) is 2.31. The lowest BCUT2D eigenvalue weighted by atomic mass is 10.2. The summed E-state index contributed by atoms with van der Waals surface area (Å²) in [4.78, 5) is 60.7. The fraction of sp³-hybridized carbons (Fsp3) is 0.455. The molecular formula is C11H15N2O14P3. The summed E-state index contributed by atoms with van der Waals surface area (Å²) in [5.74, 6) is 2.04. The highest BCUT2D eigenvalue weighted by atomic mass is 31.3. The van der Waals surface area contributed by atoms with Crippen LogP contribution >= 0.6 is 23.5 Å². The first-order valence-electron chi connectivity index (χ1n) is 7.56. The van der Waals surface area contributed by atoms with Crippen LogP contribution in [0.4, 0.5) is 0 Å². The molecule has 0 saturated carbocycles. The van der Waals surface area contributed by atoms with Crippen molar-refractivity contribution in [1.82, 2.24) is 9.55 Å². The summed E-state index contributed by atoms with van der Waals surface area (Å²) < 4.78 is 51.2. The van der Waals surface area contributed by atoms with Crippen LogP contribution in [0, 0.1) is 12.3 Å². The molecule has 1 aliphatic rings. The molecule has 30 heavy (non-hydrogen) atoms. The molecule has 0 aromatic carbocycles. The summed E-state index contributed by atoms with van der Waals surface area (Å²) in [6.07, 6.45) is 2.02. The summed E-state index contributed by atoms with van der Waals surface area (Å²) in [5.41, 5.74) is -1.93. The third-order valence-electron chi connectivity index (χ3n) is 3.46. The van der Waals surface area contributed by atoms with Gasteiger partial charge in [0.1, 0.15) is 17.9 Å². The molecule has 1 fully saturated rings. The van der Waals surface area contributed by atoms with Crippen molar-refractivity contribution in [3.8, 4) is 12.3 Å². The maximum atomic E-state index is 11.9. The standard InChI is InChI=1S/C11H15N2O14P3/c1-2-6-4-13(11(16)12-10(6)15)9-3-7(14)8(25-9)5-24-29(20,21)27-30(22,23)26-28(17,18)19/h1,4,7-9,14H,3,5H2,(H,20,21)(H,22,23)(H,12,15,16)(H2,17,18,19)/t7-,8-,9-/m1/s1. The molecular weight excluding hydrogens is 477 g/mol. The van der Waals surface area contributed by atoms with Crippen LogP contribution in [0.15, 0.2) is 15.8 Å². The Morgan fingerprint density at radius 3 is 2.40 bits per heavy atom. The third-order valence-corrected chi connectivity index (χ3v) is 7.26. The Hall–Kier alpha value is -1.43. The van der Waals surface area contributed by atoms with Crippen LogP contribution in [0.25, 0.3) is 0 Å². The first-order valence-corrected chi connectivity index (χ1v) is 12.1. The van der Waals surface area contributed by atoms with E-state index in [0.717, 1.165) is 10.8 Å². The summed E-state index contributed by atoms with van der Waals surface area (Å²) in [5, 5.41) is 10.00. The molecule has 2 heterocycles. The van der Waals surface area contributed by atoms with Gasteiger partial charge >= 0.3 is 29.2 Å². The van der Waals surface area contributed by atoms with E-state index in [1.54, 1.807) is 0 Å². The number of hydrogen-bond donors (Lipinski definition) is 6. The highest BCUT2D eigenvalue weighted by molar-refractivity contribution is 7.66. The van der Waals surface area contributed by atoms with E-state index in [0.29, 0.717) is 0 Å². The Balaban J connectivity index is 2.06. The zero-order valence-electron chi connectivity index (χ0n) is 14.5. The van der Waals surface area contributed by atoms with Gasteiger partial charge in [-0.1, -0.05) is 5.92 Å². The van der Waals surface area contributed by atoms with Crippen molar-refractivity contribution in [2.24, 2.45) is 0 Å². The van der Waals surface area contributed by atoms with Crippen LogP contribution in [0.5, 0.6) is 0 Å². The van der Waals surface area contributed by atoms with Crippen molar-refractivity contribution in [2.75, 3.05) is 6.61 Å². The van der Waals surface area contributed by atoms with E-state index in [2.05, 4.69) is 13.1 Å². The summed E-state index contributed by atoms with van der Waals surface area (Å²) in [7, 11) is -16.7. The third kappa shape index (κ3) is 6.79. The van der Waals surface area contributed by atoms with E-state index in [1.165, 1.54) is 0 Å². The highest BCUT2D eigenvalue weighted by Gasteiger charge is 2.42. The molecule has 0 amide bonds. The fourth-order valence-corrected chi connectivity index (χ4v) is 5.34. The van der Waals surface area contributed by atoms with Gasteiger partial charge in [0.25, 0.3) is 5.56 Å². The predicted molar refractivity (Wildman–Crippen MR) is 93.6 cm³/mol. The Morgan fingerprint density at radius 1 is 1.20 bits per heavy atom. The zero-order valence-corrected chi connectivity index (χ0v) is 17.2. The second-order valence-corrected chi connectivity index (χ2v) is 10.1. The minimum atomic E-state index is -5.69. The maximum absolute atomic E-state index is 11.9. The Labute approximate surface area is 166 Å². The molecule has 2 unspecified atom stereocenters. The van der Waals surface area contributed by atoms with Crippen molar-refractivity contribution >= 4 is 23.5 Å². The molecule has 0 aliphatic carbocycles. The molecule has 1 aromatic heterocycles. The summed E-state index contributed by atoms with van der Waals surface area (Å²) in [6.45, 7) is -0.915. The normalized spacial score (nSPS) is 25.9. The minimum absolute atomic E-state index is 0.204. The number of H-pyrrole nitrogens is 1. The average Bonchev–Trinajstić information content (AvgIpc) is 2.90. The number of aliphatic hydroxyl groups excluding tert-OH is 1. The van der Waals surface area contributed by atoms with E-state index < -0.39 is 59.8 Å². The molecule has 1 saturated heterocycles. The molecule has 5 atom stereocenters. The second kappa shape index (κ2) is 8.97. The molecule has 0 spiro atoms. The quantitative estimate of drug-likeness (QED) is 0.179. The van der Waals surface area contributed by atoms with Crippen LogP contribution in [-0.2, 0) is 31.6 Å². The molecule has 168 valence electrons. The van der Waals surface area contributed by atoms with Gasteiger partial charge in [-0.3, -0.25) is 18.9 Å². The van der Waals surface area contributed by atoms with Gasteiger partial charge in [0.15, 0.2) is 0 Å². The molecule has 0 bridgehead atoms. The number of aromatic amines is 1. The van der Waals surface area contributed by atoms with Crippen molar-refractivity contribution < 1.29 is 56.3 Å². The molecule has 19 heteroatoms. The molecule has 1 aromatic rings. The van der Waals surface area contributed by atoms with Crippen molar-refractivity contribution in [2.45, 2.75) is 24.9 Å². The Morgan fingerprint density at radius 2 is 1.83 bits per heavy atom. The minimum Gasteiger partial charge on any atom is -0.390 e. The lowest BCUT2D eigenvalue weighted by Gasteiger charge is -2.19. The van der Waals surface area contributed by atoms with Crippen LogP contribution in [0.1, 0.15) is 18.2 Å². The van der Waals surface area contributed by atoms with Gasteiger partial charge in [-0.25, -0.2) is 18.5 Å².